The van der Waals surface area contributed by atoms with Gasteiger partial charge in [-0.2, -0.15) is 0 Å². The number of methoxy groups -OCH3 is 1. The van der Waals surface area contributed by atoms with E-state index in [1.54, 1.807) is 18.3 Å². The Morgan fingerprint density at radius 1 is 1.45 bits per heavy atom. The lowest BCUT2D eigenvalue weighted by atomic mass is 9.98. The molecule has 3 N–H and O–H groups in total. The third-order valence-electron chi connectivity index (χ3n) is 3.24. The molecule has 5 nitrogen and oxygen atoms in total. The normalized spacial score (nSPS) is 15.6. The lowest BCUT2D eigenvalue weighted by Crippen LogP contribution is -2.04. The molecule has 0 bridgehead atoms. The summed E-state index contributed by atoms with van der Waals surface area (Å²) in [6, 6.07) is 3.67. The number of carbonyl (C=O) groups is 1. The van der Waals surface area contributed by atoms with E-state index >= 15 is 0 Å². The molecule has 0 amide bonds. The summed E-state index contributed by atoms with van der Waals surface area (Å²) in [5.74, 6) is -0.687. The molecule has 5 heteroatoms. The Morgan fingerprint density at radius 2 is 2.15 bits per heavy atom. The minimum absolute atomic E-state index is 0.118. The molecule has 106 valence electrons. The highest BCUT2D eigenvalue weighted by Gasteiger charge is 2.20. The highest BCUT2D eigenvalue weighted by molar-refractivity contribution is 6.11. The number of allylic oxidation sites excluding steroid dienone is 1. The monoisotopic (exact) mass is 274 g/mol. The molecular weight excluding hydrogens is 256 g/mol. The summed E-state index contributed by atoms with van der Waals surface area (Å²) >= 11 is 0. The molecule has 0 atom stereocenters. The lowest BCUT2D eigenvalue weighted by Gasteiger charge is -2.11. The number of nitrogens with two attached hydrogens (primary N) is 1. The van der Waals surface area contributed by atoms with Crippen LogP contribution in [0.25, 0.3) is 5.57 Å². The van der Waals surface area contributed by atoms with E-state index in [1.807, 2.05) is 6.92 Å². The molecule has 0 aliphatic heterocycles. The van der Waals surface area contributed by atoms with E-state index in [4.69, 9.17) is 10.5 Å². The van der Waals surface area contributed by atoms with Crippen LogP contribution >= 0.6 is 0 Å². The highest BCUT2D eigenvalue weighted by atomic mass is 16.5. The highest BCUT2D eigenvalue weighted by Crippen LogP contribution is 2.28. The summed E-state index contributed by atoms with van der Waals surface area (Å²) in [4.78, 5) is 15.7. The van der Waals surface area contributed by atoms with Gasteiger partial charge in [-0.15, -0.1) is 0 Å². The number of aliphatic imine (C=N–C) groups is 1. The van der Waals surface area contributed by atoms with Gasteiger partial charge in [0.2, 0.25) is 0 Å². The van der Waals surface area contributed by atoms with Gasteiger partial charge in [0.15, 0.2) is 0 Å². The number of ether oxygens (including phenoxy) is 1. The maximum atomic E-state index is 11.3. The fourth-order valence-electron chi connectivity index (χ4n) is 1.94. The molecule has 1 aromatic carbocycles. The van der Waals surface area contributed by atoms with Crippen LogP contribution in [0.3, 0.4) is 0 Å². The molecule has 1 aliphatic carbocycles. The van der Waals surface area contributed by atoms with Crippen molar-refractivity contribution in [2.45, 2.75) is 25.8 Å². The summed E-state index contributed by atoms with van der Waals surface area (Å²) in [5, 5.41) is 9.23. The average Bonchev–Trinajstić information content (AvgIpc) is 3.24. The Balaban J connectivity index is 2.43. The summed E-state index contributed by atoms with van der Waals surface area (Å²) in [7, 11) is 1.45. The Kier molecular flexibility index (Phi) is 4.08. The van der Waals surface area contributed by atoms with E-state index in [0.29, 0.717) is 11.8 Å². The van der Waals surface area contributed by atoms with Crippen molar-refractivity contribution in [3.8, 4) is 5.75 Å². The fourth-order valence-corrected chi connectivity index (χ4v) is 1.94. The van der Waals surface area contributed by atoms with Crippen LogP contribution in [0.2, 0.25) is 0 Å². The zero-order chi connectivity index (χ0) is 14.7. The molecule has 1 fully saturated rings. The predicted molar refractivity (Wildman–Crippen MR) is 78.4 cm³/mol. The van der Waals surface area contributed by atoms with E-state index in [-0.39, 0.29) is 5.56 Å². The van der Waals surface area contributed by atoms with Crippen LogP contribution in [0.5, 0.6) is 5.75 Å². The number of carboxylic acids is 1. The largest absolute Gasteiger partial charge is 0.496 e. The second kappa shape index (κ2) is 5.77. The lowest BCUT2D eigenvalue weighted by molar-refractivity contribution is 0.0693. The van der Waals surface area contributed by atoms with Gasteiger partial charge in [-0.25, -0.2) is 4.79 Å². The van der Waals surface area contributed by atoms with Crippen LogP contribution in [-0.2, 0) is 0 Å². The first-order valence-corrected chi connectivity index (χ1v) is 6.44. The van der Waals surface area contributed by atoms with Crippen LogP contribution < -0.4 is 10.5 Å². The first-order valence-electron chi connectivity index (χ1n) is 6.44. The second-order valence-corrected chi connectivity index (χ2v) is 4.80. The van der Waals surface area contributed by atoms with Gasteiger partial charge in [0.1, 0.15) is 11.3 Å². The van der Waals surface area contributed by atoms with Crippen molar-refractivity contribution in [2.24, 2.45) is 10.7 Å². The molecule has 0 heterocycles. The van der Waals surface area contributed by atoms with E-state index < -0.39 is 5.97 Å². The van der Waals surface area contributed by atoms with Gasteiger partial charge < -0.3 is 15.6 Å². The van der Waals surface area contributed by atoms with Gasteiger partial charge in [0.05, 0.1) is 13.2 Å². The van der Waals surface area contributed by atoms with E-state index in [1.165, 1.54) is 13.3 Å². The Morgan fingerprint density at radius 3 is 2.65 bits per heavy atom. The summed E-state index contributed by atoms with van der Waals surface area (Å²) in [6.07, 6.45) is 5.39. The van der Waals surface area contributed by atoms with Crippen molar-refractivity contribution in [2.75, 3.05) is 7.11 Å². The Bertz CT molecular complexity index is 587. The SMILES string of the molecule is COc1cc(C)c(/C(C=NC2CC2)=C/N)cc1C(=O)O. The van der Waals surface area contributed by atoms with E-state index in [9.17, 15) is 9.90 Å². The van der Waals surface area contributed by atoms with Crippen molar-refractivity contribution in [1.82, 2.24) is 0 Å². The van der Waals surface area contributed by atoms with Crippen LogP contribution in [0.15, 0.2) is 23.3 Å². The van der Waals surface area contributed by atoms with Crippen molar-refractivity contribution < 1.29 is 14.6 Å². The molecule has 0 radical (unpaired) electrons. The number of hydrogen-bond acceptors (Lipinski definition) is 4. The second-order valence-electron chi connectivity index (χ2n) is 4.80. The van der Waals surface area contributed by atoms with E-state index in [0.717, 1.165) is 29.5 Å². The first kappa shape index (κ1) is 14.1. The number of aromatic carboxylic acids is 1. The number of hydrogen-bond donors (Lipinski definition) is 2. The molecule has 0 spiro atoms. The average molecular weight is 274 g/mol. The van der Waals surface area contributed by atoms with Crippen molar-refractivity contribution in [3.63, 3.8) is 0 Å². The van der Waals surface area contributed by atoms with Gasteiger partial charge in [0.25, 0.3) is 0 Å². The molecule has 2 rings (SSSR count). The minimum Gasteiger partial charge on any atom is -0.496 e. The number of benzene rings is 1. The molecule has 0 saturated heterocycles. The zero-order valence-electron chi connectivity index (χ0n) is 11.6. The third kappa shape index (κ3) is 2.99. The fraction of sp³-hybridized carbons (Fsp3) is 0.333. The van der Waals surface area contributed by atoms with Crippen LogP contribution in [0, 0.1) is 6.92 Å². The maximum Gasteiger partial charge on any atom is 0.339 e. The molecule has 1 aromatic rings. The number of aryl methyl sites for hydroxylation is 1. The smallest absolute Gasteiger partial charge is 0.339 e. The number of rotatable bonds is 5. The number of nitrogens with zero attached hydrogens (tertiary/aromatic N) is 1. The zero-order valence-corrected chi connectivity index (χ0v) is 11.6. The van der Waals surface area contributed by atoms with Crippen LogP contribution in [0.4, 0.5) is 0 Å². The van der Waals surface area contributed by atoms with Gasteiger partial charge in [-0.05, 0) is 43.0 Å². The first-order chi connectivity index (χ1) is 9.56. The predicted octanol–water partition coefficient (Wildman–Crippen LogP) is 2.23. The van der Waals surface area contributed by atoms with E-state index in [2.05, 4.69) is 4.99 Å². The Hall–Kier alpha value is -2.30. The van der Waals surface area contributed by atoms with Gasteiger partial charge in [0, 0.05) is 18.0 Å². The van der Waals surface area contributed by atoms with Crippen molar-refractivity contribution in [1.29, 1.82) is 0 Å². The molecule has 1 saturated carbocycles. The third-order valence-corrected chi connectivity index (χ3v) is 3.24. The summed E-state index contributed by atoms with van der Waals surface area (Å²) in [6.45, 7) is 1.89. The van der Waals surface area contributed by atoms with Gasteiger partial charge >= 0.3 is 5.97 Å². The van der Waals surface area contributed by atoms with Crippen molar-refractivity contribution in [3.05, 3.63) is 35.0 Å². The van der Waals surface area contributed by atoms with Crippen LogP contribution in [0.1, 0.15) is 34.3 Å². The number of carboxylic acid groups (broad SMARTS) is 1. The summed E-state index contributed by atoms with van der Waals surface area (Å²) < 4.78 is 5.10. The van der Waals surface area contributed by atoms with Crippen LogP contribution in [-0.4, -0.2) is 30.4 Å². The summed E-state index contributed by atoms with van der Waals surface area (Å²) in [5.41, 5.74) is 8.14. The standard InChI is InChI=1S/C15H18N2O3/c1-9-5-14(20-2)13(15(18)19)6-12(9)10(7-16)8-17-11-3-4-11/h5-8,11H,3-4,16H2,1-2H3,(H,18,19)/b10-7+,17-8?. The van der Waals surface area contributed by atoms with Gasteiger partial charge in [-0.3, -0.25) is 4.99 Å². The maximum absolute atomic E-state index is 11.3. The quantitative estimate of drug-likeness (QED) is 0.806. The molecule has 0 unspecified atom stereocenters. The molecular formula is C15H18N2O3. The minimum atomic E-state index is -1.03. The molecule has 1 aliphatic rings. The molecule has 20 heavy (non-hydrogen) atoms. The Labute approximate surface area is 117 Å². The van der Waals surface area contributed by atoms with Gasteiger partial charge in [-0.1, -0.05) is 0 Å². The topological polar surface area (TPSA) is 84.9 Å². The van der Waals surface area contributed by atoms with Crippen molar-refractivity contribution >= 4 is 17.8 Å². The molecule has 0 aromatic heterocycles.